The van der Waals surface area contributed by atoms with Crippen molar-refractivity contribution in [3.05, 3.63) is 30.1 Å². The van der Waals surface area contributed by atoms with Gasteiger partial charge in [-0.15, -0.1) is 10.2 Å². The minimum absolute atomic E-state index is 0.0996. The molecule has 0 aliphatic heterocycles. The van der Waals surface area contributed by atoms with Gasteiger partial charge in [0.2, 0.25) is 5.91 Å². The van der Waals surface area contributed by atoms with Crippen molar-refractivity contribution >= 4 is 17.7 Å². The average molecular weight is 413 g/mol. The van der Waals surface area contributed by atoms with Gasteiger partial charge in [0.05, 0.1) is 19.4 Å². The maximum atomic E-state index is 12.4. The van der Waals surface area contributed by atoms with Gasteiger partial charge in [-0.2, -0.15) is 0 Å². The smallest absolute Gasteiger partial charge is 0.251 e. The van der Waals surface area contributed by atoms with Crippen LogP contribution in [0.2, 0.25) is 0 Å². The van der Waals surface area contributed by atoms with Gasteiger partial charge in [0.1, 0.15) is 11.6 Å². The second-order valence-electron chi connectivity index (χ2n) is 6.32. The van der Waals surface area contributed by atoms with Crippen molar-refractivity contribution in [1.82, 2.24) is 24.6 Å². The number of halogens is 2. The molecular formula is C18H25F2N5O2S. The van der Waals surface area contributed by atoms with Gasteiger partial charge < -0.3 is 9.64 Å². The number of thioether (sulfide) groups is 1. The first-order valence-corrected chi connectivity index (χ1v) is 9.70. The summed E-state index contributed by atoms with van der Waals surface area (Å²) in [7, 11) is 4.88. The lowest BCUT2D eigenvalue weighted by Crippen LogP contribution is -2.37. The summed E-state index contributed by atoms with van der Waals surface area (Å²) < 4.78 is 31.7. The topological polar surface area (TPSA) is 63.5 Å². The SMILES string of the molecule is COc1ccc(-n2c(C)nnc2SCC(=O)N(C)CCN(C)CC(F)F)cc1. The van der Waals surface area contributed by atoms with Crippen LogP contribution in [-0.2, 0) is 4.79 Å². The highest BCUT2D eigenvalue weighted by molar-refractivity contribution is 7.99. The van der Waals surface area contributed by atoms with Crippen LogP contribution in [0.15, 0.2) is 29.4 Å². The Morgan fingerprint density at radius 3 is 2.50 bits per heavy atom. The third kappa shape index (κ3) is 6.16. The number of hydrogen-bond acceptors (Lipinski definition) is 6. The number of nitrogens with zero attached hydrogens (tertiary/aromatic N) is 5. The molecule has 10 heteroatoms. The van der Waals surface area contributed by atoms with Crippen LogP contribution in [0.25, 0.3) is 5.69 Å². The number of carbonyl (C=O) groups is 1. The molecule has 0 fully saturated rings. The predicted octanol–water partition coefficient (Wildman–Crippen LogP) is 2.33. The fourth-order valence-electron chi connectivity index (χ4n) is 2.47. The highest BCUT2D eigenvalue weighted by atomic mass is 32.2. The number of benzene rings is 1. The van der Waals surface area contributed by atoms with E-state index >= 15 is 0 Å². The van der Waals surface area contributed by atoms with E-state index in [4.69, 9.17) is 4.74 Å². The molecule has 1 aromatic carbocycles. The van der Waals surface area contributed by atoms with Crippen molar-refractivity contribution in [2.24, 2.45) is 0 Å². The monoisotopic (exact) mass is 413 g/mol. The van der Waals surface area contributed by atoms with E-state index in [1.54, 1.807) is 21.2 Å². The summed E-state index contributed by atoms with van der Waals surface area (Å²) in [5.41, 5.74) is 0.875. The summed E-state index contributed by atoms with van der Waals surface area (Å²) in [5, 5.41) is 8.87. The first-order chi connectivity index (χ1) is 13.3. The Hall–Kier alpha value is -2.20. The molecule has 7 nitrogen and oxygen atoms in total. The molecule has 1 heterocycles. The Balaban J connectivity index is 1.94. The van der Waals surface area contributed by atoms with Crippen molar-refractivity contribution < 1.29 is 18.3 Å². The van der Waals surface area contributed by atoms with Crippen molar-refractivity contribution in [3.8, 4) is 11.4 Å². The van der Waals surface area contributed by atoms with Crippen LogP contribution in [0.5, 0.6) is 5.75 Å². The molecule has 0 aliphatic rings. The molecule has 0 spiro atoms. The molecule has 0 aliphatic carbocycles. The summed E-state index contributed by atoms with van der Waals surface area (Å²) in [6.45, 7) is 2.31. The van der Waals surface area contributed by atoms with Crippen LogP contribution < -0.4 is 4.74 Å². The number of aryl methyl sites for hydroxylation is 1. The Bertz CT molecular complexity index is 770. The van der Waals surface area contributed by atoms with E-state index in [2.05, 4.69) is 10.2 Å². The second kappa shape index (κ2) is 10.4. The summed E-state index contributed by atoms with van der Waals surface area (Å²) in [4.78, 5) is 15.4. The third-order valence-electron chi connectivity index (χ3n) is 4.14. The van der Waals surface area contributed by atoms with Crippen LogP contribution >= 0.6 is 11.8 Å². The second-order valence-corrected chi connectivity index (χ2v) is 7.26. The highest BCUT2D eigenvalue weighted by Crippen LogP contribution is 2.23. The van der Waals surface area contributed by atoms with Gasteiger partial charge >= 0.3 is 0 Å². The summed E-state index contributed by atoms with van der Waals surface area (Å²) in [5.74, 6) is 1.54. The molecule has 0 bridgehead atoms. The number of rotatable bonds is 10. The fraction of sp³-hybridized carbons (Fsp3) is 0.500. The van der Waals surface area contributed by atoms with E-state index in [1.807, 2.05) is 35.8 Å². The first kappa shape index (κ1) is 22.1. The van der Waals surface area contributed by atoms with Crippen LogP contribution in [0.3, 0.4) is 0 Å². The molecule has 0 saturated carbocycles. The quantitative estimate of drug-likeness (QED) is 0.557. The molecule has 0 saturated heterocycles. The van der Waals surface area contributed by atoms with Gasteiger partial charge in [-0.3, -0.25) is 14.3 Å². The lowest BCUT2D eigenvalue weighted by Gasteiger charge is -2.21. The number of carbonyl (C=O) groups excluding carboxylic acids is 1. The molecule has 154 valence electrons. The van der Waals surface area contributed by atoms with E-state index in [9.17, 15) is 13.6 Å². The Labute approximate surface area is 167 Å². The maximum absolute atomic E-state index is 12.4. The van der Waals surface area contributed by atoms with Gasteiger partial charge in [-0.05, 0) is 38.2 Å². The standard InChI is InChI=1S/C18H25F2N5O2S/c1-13-21-22-18(25(13)14-5-7-15(27-4)8-6-14)28-12-17(26)24(3)10-9-23(2)11-16(19)20/h5-8,16H,9-12H2,1-4H3. The largest absolute Gasteiger partial charge is 0.497 e. The minimum Gasteiger partial charge on any atom is -0.497 e. The first-order valence-electron chi connectivity index (χ1n) is 8.71. The highest BCUT2D eigenvalue weighted by Gasteiger charge is 2.16. The lowest BCUT2D eigenvalue weighted by molar-refractivity contribution is -0.127. The van der Waals surface area contributed by atoms with E-state index < -0.39 is 6.43 Å². The van der Waals surface area contributed by atoms with E-state index in [0.717, 1.165) is 11.4 Å². The number of hydrogen-bond donors (Lipinski definition) is 0. The Morgan fingerprint density at radius 1 is 1.21 bits per heavy atom. The molecule has 0 unspecified atom stereocenters. The number of alkyl halides is 2. The molecule has 0 radical (unpaired) electrons. The van der Waals surface area contributed by atoms with Crippen molar-refractivity contribution in [2.75, 3.05) is 46.6 Å². The van der Waals surface area contributed by atoms with Gasteiger partial charge in [0.15, 0.2) is 5.16 Å². The van der Waals surface area contributed by atoms with Crippen LogP contribution in [0, 0.1) is 6.92 Å². The van der Waals surface area contributed by atoms with Crippen LogP contribution in [-0.4, -0.2) is 83.5 Å². The van der Waals surface area contributed by atoms with Gasteiger partial charge in [0, 0.05) is 25.8 Å². The Kier molecular flexibility index (Phi) is 8.18. The molecule has 2 aromatic rings. The summed E-state index contributed by atoms with van der Waals surface area (Å²) in [6, 6.07) is 7.48. The molecule has 2 rings (SSSR count). The van der Waals surface area contributed by atoms with Crippen molar-refractivity contribution in [1.29, 1.82) is 0 Å². The molecular weight excluding hydrogens is 388 g/mol. The molecule has 1 aromatic heterocycles. The van der Waals surface area contributed by atoms with Gasteiger partial charge in [-0.1, -0.05) is 11.8 Å². The van der Waals surface area contributed by atoms with E-state index in [0.29, 0.717) is 24.1 Å². The Morgan fingerprint density at radius 2 is 1.89 bits per heavy atom. The zero-order valence-electron chi connectivity index (χ0n) is 16.4. The van der Waals surface area contributed by atoms with E-state index in [-0.39, 0.29) is 18.2 Å². The number of methoxy groups -OCH3 is 1. The predicted molar refractivity (Wildman–Crippen MR) is 105 cm³/mol. The fourth-order valence-corrected chi connectivity index (χ4v) is 3.41. The van der Waals surface area contributed by atoms with Gasteiger partial charge in [0.25, 0.3) is 6.43 Å². The molecule has 0 N–H and O–H groups in total. The lowest BCUT2D eigenvalue weighted by atomic mass is 10.3. The summed E-state index contributed by atoms with van der Waals surface area (Å²) in [6.07, 6.45) is -2.38. The molecule has 0 atom stereocenters. The van der Waals surface area contributed by atoms with Crippen LogP contribution in [0.1, 0.15) is 5.82 Å². The average Bonchev–Trinajstić information content (AvgIpc) is 3.04. The number of ether oxygens (including phenoxy) is 1. The zero-order chi connectivity index (χ0) is 20.7. The zero-order valence-corrected chi connectivity index (χ0v) is 17.2. The number of amides is 1. The van der Waals surface area contributed by atoms with Crippen LogP contribution in [0.4, 0.5) is 8.78 Å². The minimum atomic E-state index is -2.38. The van der Waals surface area contributed by atoms with Crippen molar-refractivity contribution in [2.45, 2.75) is 18.5 Å². The molecule has 28 heavy (non-hydrogen) atoms. The number of aromatic nitrogens is 3. The normalized spacial score (nSPS) is 11.3. The third-order valence-corrected chi connectivity index (χ3v) is 5.06. The summed E-state index contributed by atoms with van der Waals surface area (Å²) >= 11 is 1.29. The maximum Gasteiger partial charge on any atom is 0.251 e. The number of likely N-dealkylation sites (N-methyl/N-ethyl adjacent to an activating group) is 2. The van der Waals surface area contributed by atoms with Gasteiger partial charge in [-0.25, -0.2) is 8.78 Å². The molecule has 1 amide bonds. The van der Waals surface area contributed by atoms with E-state index in [1.165, 1.54) is 21.6 Å². The van der Waals surface area contributed by atoms with Crippen molar-refractivity contribution in [3.63, 3.8) is 0 Å².